The van der Waals surface area contributed by atoms with Crippen molar-refractivity contribution in [1.29, 1.82) is 0 Å². The maximum absolute atomic E-state index is 13.2. The van der Waals surface area contributed by atoms with Crippen LogP contribution in [0, 0.1) is 12.7 Å². The zero-order valence-electron chi connectivity index (χ0n) is 13.1. The van der Waals surface area contributed by atoms with Crippen LogP contribution in [-0.4, -0.2) is 0 Å². The second kappa shape index (κ2) is 7.37. The van der Waals surface area contributed by atoms with Gasteiger partial charge in [-0.25, -0.2) is 4.39 Å². The molecule has 0 amide bonds. The van der Waals surface area contributed by atoms with Gasteiger partial charge in [0, 0.05) is 12.1 Å². The van der Waals surface area contributed by atoms with E-state index in [2.05, 4.69) is 0 Å². The summed E-state index contributed by atoms with van der Waals surface area (Å²) in [6.45, 7) is 2.48. The maximum atomic E-state index is 13.2. The minimum absolute atomic E-state index is 0.350. The molecule has 3 rings (SSSR count). The summed E-state index contributed by atoms with van der Waals surface area (Å²) >= 11 is 6.24. The van der Waals surface area contributed by atoms with E-state index in [0.29, 0.717) is 28.9 Å². The van der Waals surface area contributed by atoms with E-state index < -0.39 is 0 Å². The van der Waals surface area contributed by atoms with Gasteiger partial charge in [0.2, 0.25) is 0 Å². The Morgan fingerprint density at radius 2 is 1.67 bits per heavy atom. The van der Waals surface area contributed by atoms with Gasteiger partial charge in [0.05, 0.1) is 5.02 Å². The Morgan fingerprint density at radius 1 is 0.917 bits per heavy atom. The zero-order chi connectivity index (χ0) is 16.9. The monoisotopic (exact) mass is 342 g/mol. The average Bonchev–Trinajstić information content (AvgIpc) is 2.56. The van der Waals surface area contributed by atoms with Crippen LogP contribution in [0.2, 0.25) is 5.02 Å². The van der Waals surface area contributed by atoms with Gasteiger partial charge in [-0.1, -0.05) is 47.5 Å². The van der Waals surface area contributed by atoms with Gasteiger partial charge in [-0.05, 0) is 36.8 Å². The lowest BCUT2D eigenvalue weighted by atomic mass is 10.2. The average molecular weight is 343 g/mol. The molecule has 0 saturated heterocycles. The van der Waals surface area contributed by atoms with Gasteiger partial charge >= 0.3 is 0 Å². The van der Waals surface area contributed by atoms with E-state index in [1.165, 1.54) is 17.7 Å². The van der Waals surface area contributed by atoms with Crippen molar-refractivity contribution in [3.8, 4) is 17.2 Å². The fourth-order valence-electron chi connectivity index (χ4n) is 2.17. The second-order valence-electron chi connectivity index (χ2n) is 5.43. The van der Waals surface area contributed by atoms with E-state index in [-0.39, 0.29) is 5.82 Å². The third-order valence-electron chi connectivity index (χ3n) is 3.45. The van der Waals surface area contributed by atoms with Crippen LogP contribution in [0.3, 0.4) is 0 Å². The number of halogens is 2. The SMILES string of the molecule is Cc1ccc(COc2ccc(Oc3cccc(F)c3)cc2Cl)cc1. The lowest BCUT2D eigenvalue weighted by Crippen LogP contribution is -1.96. The highest BCUT2D eigenvalue weighted by molar-refractivity contribution is 6.32. The third-order valence-corrected chi connectivity index (χ3v) is 3.75. The number of rotatable bonds is 5. The Bertz CT molecular complexity index is 831. The molecule has 0 atom stereocenters. The minimum atomic E-state index is -0.350. The van der Waals surface area contributed by atoms with Crippen LogP contribution in [0.1, 0.15) is 11.1 Å². The molecule has 0 aliphatic rings. The molecule has 3 aromatic rings. The van der Waals surface area contributed by atoms with Crippen molar-refractivity contribution in [2.75, 3.05) is 0 Å². The Hall–Kier alpha value is -2.52. The van der Waals surface area contributed by atoms with Crippen molar-refractivity contribution in [3.05, 3.63) is 88.7 Å². The first-order valence-corrected chi connectivity index (χ1v) is 7.89. The van der Waals surface area contributed by atoms with Crippen molar-refractivity contribution < 1.29 is 13.9 Å². The summed E-state index contributed by atoms with van der Waals surface area (Å²) in [5.74, 6) is 1.16. The van der Waals surface area contributed by atoms with E-state index in [4.69, 9.17) is 21.1 Å². The number of benzene rings is 3. The Balaban J connectivity index is 1.67. The molecule has 0 fully saturated rings. The molecule has 0 radical (unpaired) electrons. The normalized spacial score (nSPS) is 10.5. The summed E-state index contributed by atoms with van der Waals surface area (Å²) in [7, 11) is 0. The highest BCUT2D eigenvalue weighted by atomic mass is 35.5. The molecule has 0 unspecified atom stereocenters. The van der Waals surface area contributed by atoms with Gasteiger partial charge in [0.25, 0.3) is 0 Å². The molecule has 4 heteroatoms. The molecule has 0 heterocycles. The Morgan fingerprint density at radius 3 is 2.38 bits per heavy atom. The van der Waals surface area contributed by atoms with Crippen LogP contribution in [0.15, 0.2) is 66.7 Å². The Labute approximate surface area is 145 Å². The summed E-state index contributed by atoms with van der Waals surface area (Å²) < 4.78 is 24.5. The van der Waals surface area contributed by atoms with E-state index in [1.54, 1.807) is 30.3 Å². The summed E-state index contributed by atoms with van der Waals surface area (Å²) in [5.41, 5.74) is 2.27. The fourth-order valence-corrected chi connectivity index (χ4v) is 2.40. The van der Waals surface area contributed by atoms with Gasteiger partial charge in [-0.3, -0.25) is 0 Å². The van der Waals surface area contributed by atoms with E-state index in [0.717, 1.165) is 5.56 Å². The summed E-state index contributed by atoms with van der Waals surface area (Å²) in [6, 6.07) is 19.2. The molecule has 0 aromatic heterocycles. The minimum Gasteiger partial charge on any atom is -0.487 e. The van der Waals surface area contributed by atoms with Crippen LogP contribution >= 0.6 is 11.6 Å². The number of aryl methyl sites for hydroxylation is 1. The van der Waals surface area contributed by atoms with Gasteiger partial charge in [-0.15, -0.1) is 0 Å². The van der Waals surface area contributed by atoms with Crippen LogP contribution in [0.4, 0.5) is 4.39 Å². The molecule has 3 aromatic carbocycles. The van der Waals surface area contributed by atoms with Gasteiger partial charge in [0.1, 0.15) is 29.7 Å². The van der Waals surface area contributed by atoms with Gasteiger partial charge in [0.15, 0.2) is 0 Å². The van der Waals surface area contributed by atoms with Crippen LogP contribution in [-0.2, 0) is 6.61 Å². The molecule has 2 nitrogen and oxygen atoms in total. The summed E-state index contributed by atoms with van der Waals surface area (Å²) in [5, 5.41) is 0.441. The van der Waals surface area contributed by atoms with Crippen molar-refractivity contribution in [3.63, 3.8) is 0 Å². The van der Waals surface area contributed by atoms with Crippen LogP contribution in [0.5, 0.6) is 17.2 Å². The molecule has 122 valence electrons. The van der Waals surface area contributed by atoms with Crippen molar-refractivity contribution in [2.45, 2.75) is 13.5 Å². The number of ether oxygens (including phenoxy) is 2. The van der Waals surface area contributed by atoms with Crippen molar-refractivity contribution in [2.24, 2.45) is 0 Å². The van der Waals surface area contributed by atoms with Gasteiger partial charge in [-0.2, -0.15) is 0 Å². The van der Waals surface area contributed by atoms with E-state index >= 15 is 0 Å². The predicted molar refractivity (Wildman–Crippen MR) is 93.4 cm³/mol. The van der Waals surface area contributed by atoms with Crippen LogP contribution < -0.4 is 9.47 Å². The van der Waals surface area contributed by atoms with Gasteiger partial charge < -0.3 is 9.47 Å². The molecular weight excluding hydrogens is 327 g/mol. The third kappa shape index (κ3) is 4.27. The second-order valence-corrected chi connectivity index (χ2v) is 5.83. The first kappa shape index (κ1) is 16.3. The van der Waals surface area contributed by atoms with Crippen molar-refractivity contribution in [1.82, 2.24) is 0 Å². The molecule has 0 saturated carbocycles. The van der Waals surface area contributed by atoms with E-state index in [1.807, 2.05) is 31.2 Å². The highest BCUT2D eigenvalue weighted by Gasteiger charge is 2.06. The predicted octanol–water partition coefficient (Wildman–Crippen LogP) is 6.16. The molecule has 0 aliphatic heterocycles. The standard InChI is InChI=1S/C20H16ClFO2/c1-14-5-7-15(8-6-14)13-23-20-10-9-18(12-19(20)21)24-17-4-2-3-16(22)11-17/h2-12H,13H2,1H3. The molecule has 0 spiro atoms. The molecule has 24 heavy (non-hydrogen) atoms. The molecule has 0 N–H and O–H groups in total. The first-order chi connectivity index (χ1) is 11.6. The Kier molecular flexibility index (Phi) is 5.02. The first-order valence-electron chi connectivity index (χ1n) is 7.51. The summed E-state index contributed by atoms with van der Waals surface area (Å²) in [4.78, 5) is 0. The fraction of sp³-hybridized carbons (Fsp3) is 0.100. The van der Waals surface area contributed by atoms with Crippen molar-refractivity contribution >= 4 is 11.6 Å². The largest absolute Gasteiger partial charge is 0.487 e. The molecular formula is C20H16ClFO2. The molecule has 0 bridgehead atoms. The topological polar surface area (TPSA) is 18.5 Å². The lowest BCUT2D eigenvalue weighted by molar-refractivity contribution is 0.306. The quantitative estimate of drug-likeness (QED) is 0.553. The lowest BCUT2D eigenvalue weighted by Gasteiger charge is -2.11. The highest BCUT2D eigenvalue weighted by Crippen LogP contribution is 2.32. The molecule has 0 aliphatic carbocycles. The number of hydrogen-bond donors (Lipinski definition) is 0. The smallest absolute Gasteiger partial charge is 0.138 e. The van der Waals surface area contributed by atoms with Crippen LogP contribution in [0.25, 0.3) is 0 Å². The number of hydrogen-bond acceptors (Lipinski definition) is 2. The van der Waals surface area contributed by atoms with E-state index in [9.17, 15) is 4.39 Å². The summed E-state index contributed by atoms with van der Waals surface area (Å²) in [6.07, 6.45) is 0. The maximum Gasteiger partial charge on any atom is 0.138 e. The zero-order valence-corrected chi connectivity index (χ0v) is 13.9.